The number of hydrogen-bond acceptors (Lipinski definition) is 4. The number of likely N-dealkylation sites (N-methyl/N-ethyl adjacent to an activating group) is 1. The molecule has 3 unspecified atom stereocenters. The van der Waals surface area contributed by atoms with E-state index >= 15 is 0 Å². The summed E-state index contributed by atoms with van der Waals surface area (Å²) in [7, 11) is 1.54. The van der Waals surface area contributed by atoms with Crippen LogP contribution in [0.2, 0.25) is 0 Å². The molecule has 174 valence electrons. The predicted molar refractivity (Wildman–Crippen MR) is 123 cm³/mol. The highest BCUT2D eigenvalue weighted by molar-refractivity contribution is 5.95. The molecule has 1 aliphatic carbocycles. The van der Waals surface area contributed by atoms with Crippen LogP contribution in [0.25, 0.3) is 0 Å². The number of benzene rings is 1. The molecule has 2 heterocycles. The number of carboxylic acids is 1. The van der Waals surface area contributed by atoms with Gasteiger partial charge in [0.15, 0.2) is 0 Å². The fraction of sp³-hybridized carbons (Fsp3) is 0.640. The lowest BCUT2D eigenvalue weighted by atomic mass is 9.65. The van der Waals surface area contributed by atoms with Gasteiger partial charge in [-0.2, -0.15) is 0 Å². The molecule has 0 spiro atoms. The van der Waals surface area contributed by atoms with E-state index in [0.717, 1.165) is 43.6 Å². The van der Waals surface area contributed by atoms with Gasteiger partial charge in [-0.25, -0.2) is 0 Å². The Kier molecular flexibility index (Phi) is 5.72. The molecular weight excluding hydrogens is 406 g/mol. The number of rotatable bonds is 5. The van der Waals surface area contributed by atoms with Crippen LogP contribution in [0.1, 0.15) is 56.8 Å². The molecule has 2 bridgehead atoms. The van der Waals surface area contributed by atoms with Crippen LogP contribution in [-0.4, -0.2) is 72.0 Å². The minimum absolute atomic E-state index is 0.118. The molecular formula is C25H35N3O4. The Morgan fingerprint density at radius 2 is 1.81 bits per heavy atom. The first-order chi connectivity index (χ1) is 15.0. The molecule has 32 heavy (non-hydrogen) atoms. The molecule has 7 nitrogen and oxygen atoms in total. The zero-order chi connectivity index (χ0) is 23.3. The van der Waals surface area contributed by atoms with Gasteiger partial charge >= 0.3 is 5.97 Å². The minimum atomic E-state index is -1.00. The van der Waals surface area contributed by atoms with Gasteiger partial charge in [0.1, 0.15) is 6.54 Å². The van der Waals surface area contributed by atoms with E-state index in [1.54, 1.807) is 0 Å². The van der Waals surface area contributed by atoms with Crippen molar-refractivity contribution >= 4 is 23.5 Å². The highest BCUT2D eigenvalue weighted by Crippen LogP contribution is 2.52. The second-order valence-corrected chi connectivity index (χ2v) is 11.2. The summed E-state index contributed by atoms with van der Waals surface area (Å²) in [6.07, 6.45) is 4.02. The van der Waals surface area contributed by atoms with Gasteiger partial charge in [-0.05, 0) is 60.8 Å². The largest absolute Gasteiger partial charge is 0.480 e. The molecule has 0 aromatic heterocycles. The fourth-order valence-corrected chi connectivity index (χ4v) is 6.47. The Morgan fingerprint density at radius 3 is 2.47 bits per heavy atom. The highest BCUT2D eigenvalue weighted by Gasteiger charge is 2.51. The van der Waals surface area contributed by atoms with Crippen molar-refractivity contribution in [3.8, 4) is 0 Å². The van der Waals surface area contributed by atoms with Gasteiger partial charge in [0, 0.05) is 44.0 Å². The monoisotopic (exact) mass is 441 g/mol. The van der Waals surface area contributed by atoms with Crippen LogP contribution in [0.3, 0.4) is 0 Å². The van der Waals surface area contributed by atoms with E-state index < -0.39 is 5.97 Å². The molecule has 0 radical (unpaired) electrons. The van der Waals surface area contributed by atoms with Crippen molar-refractivity contribution < 1.29 is 19.5 Å². The number of fused-ring (bicyclic) bond motifs is 2. The third-order valence-corrected chi connectivity index (χ3v) is 7.44. The van der Waals surface area contributed by atoms with Crippen LogP contribution in [-0.2, 0) is 9.59 Å². The summed E-state index contributed by atoms with van der Waals surface area (Å²) in [5.74, 6) is -1.21. The standard InChI is InChI=1S/C25H35N3O4/c1-24(2)11-20-12-25(3,15-24)16-28(20)23(32)17-5-7-19(8-6-17)27-10-9-18(13-27)22(31)26(4)14-21(29)30/h5-8,18,20H,9-16H2,1-4H3,(H,29,30). The lowest BCUT2D eigenvalue weighted by Crippen LogP contribution is -2.38. The SMILES string of the molecule is CN(CC(=O)O)C(=O)C1CCN(c2ccc(C(=O)N3CC4(C)CC3CC(C)(C)C4)cc2)C1. The maximum Gasteiger partial charge on any atom is 0.323 e. The van der Waals surface area contributed by atoms with Gasteiger partial charge in [0.05, 0.1) is 5.92 Å². The van der Waals surface area contributed by atoms with Crippen LogP contribution in [0.5, 0.6) is 0 Å². The number of nitrogens with zero attached hydrogens (tertiary/aromatic N) is 3. The van der Waals surface area contributed by atoms with Crippen molar-refractivity contribution in [3.63, 3.8) is 0 Å². The van der Waals surface area contributed by atoms with E-state index in [4.69, 9.17) is 5.11 Å². The second kappa shape index (κ2) is 8.09. The summed E-state index contributed by atoms with van der Waals surface area (Å²) in [6, 6.07) is 8.06. The van der Waals surface area contributed by atoms with Crippen LogP contribution < -0.4 is 4.90 Å². The van der Waals surface area contributed by atoms with E-state index in [1.165, 1.54) is 11.9 Å². The number of amides is 2. The second-order valence-electron chi connectivity index (χ2n) is 11.2. The van der Waals surface area contributed by atoms with Gasteiger partial charge in [-0.15, -0.1) is 0 Å². The maximum atomic E-state index is 13.3. The molecule has 4 rings (SSSR count). The Balaban J connectivity index is 1.39. The number of carboxylic acid groups (broad SMARTS) is 1. The maximum absolute atomic E-state index is 13.3. The first-order valence-electron chi connectivity index (χ1n) is 11.6. The van der Waals surface area contributed by atoms with Gasteiger partial charge in [-0.3, -0.25) is 14.4 Å². The Morgan fingerprint density at radius 1 is 1.12 bits per heavy atom. The Bertz CT molecular complexity index is 912. The summed E-state index contributed by atoms with van der Waals surface area (Å²) in [5.41, 5.74) is 2.20. The number of aliphatic carboxylic acids is 1. The lowest BCUT2D eigenvalue weighted by molar-refractivity contribution is -0.144. The quantitative estimate of drug-likeness (QED) is 0.759. The molecule has 1 aromatic rings. The molecule has 2 saturated heterocycles. The van der Waals surface area contributed by atoms with Crippen LogP contribution in [0.4, 0.5) is 5.69 Å². The van der Waals surface area contributed by atoms with Gasteiger partial charge in [0.25, 0.3) is 5.91 Å². The van der Waals surface area contributed by atoms with Gasteiger partial charge in [0.2, 0.25) is 5.91 Å². The average molecular weight is 442 g/mol. The lowest BCUT2D eigenvalue weighted by Gasteiger charge is -2.39. The number of hydrogen-bond donors (Lipinski definition) is 1. The molecule has 1 aromatic carbocycles. The van der Waals surface area contributed by atoms with E-state index in [9.17, 15) is 14.4 Å². The first kappa shape index (κ1) is 22.6. The normalized spacial score (nSPS) is 28.6. The number of likely N-dealkylation sites (tertiary alicyclic amines) is 1. The van der Waals surface area contributed by atoms with Gasteiger partial charge in [-0.1, -0.05) is 20.8 Å². The molecule has 2 amide bonds. The van der Waals surface area contributed by atoms with Crippen molar-refractivity contribution in [2.45, 2.75) is 52.5 Å². The van der Waals surface area contributed by atoms with Crippen molar-refractivity contribution in [3.05, 3.63) is 29.8 Å². The molecule has 7 heteroatoms. The van der Waals surface area contributed by atoms with E-state index in [2.05, 4.69) is 30.6 Å². The van der Waals surface area contributed by atoms with Crippen molar-refractivity contribution in [1.29, 1.82) is 0 Å². The summed E-state index contributed by atoms with van der Waals surface area (Å²) in [4.78, 5) is 42.2. The number of carbonyl (C=O) groups excluding carboxylic acids is 2. The molecule has 3 atom stereocenters. The van der Waals surface area contributed by atoms with E-state index in [-0.39, 0.29) is 35.1 Å². The predicted octanol–water partition coefficient (Wildman–Crippen LogP) is 3.10. The molecule has 1 saturated carbocycles. The molecule has 1 N–H and O–H groups in total. The Labute approximate surface area is 190 Å². The summed E-state index contributed by atoms with van der Waals surface area (Å²) in [5, 5.41) is 8.91. The summed E-state index contributed by atoms with van der Waals surface area (Å²) >= 11 is 0. The van der Waals surface area contributed by atoms with Gasteiger partial charge < -0.3 is 19.8 Å². The smallest absolute Gasteiger partial charge is 0.323 e. The highest BCUT2D eigenvalue weighted by atomic mass is 16.4. The average Bonchev–Trinajstić information content (AvgIpc) is 3.28. The fourth-order valence-electron chi connectivity index (χ4n) is 6.47. The van der Waals surface area contributed by atoms with Crippen LogP contribution in [0.15, 0.2) is 24.3 Å². The summed E-state index contributed by atoms with van der Waals surface area (Å²) < 4.78 is 0. The topological polar surface area (TPSA) is 81.2 Å². The number of anilines is 1. The Hall–Kier alpha value is -2.57. The zero-order valence-corrected chi connectivity index (χ0v) is 19.6. The molecule has 2 aliphatic heterocycles. The summed E-state index contributed by atoms with van der Waals surface area (Å²) in [6.45, 7) is 8.81. The van der Waals surface area contributed by atoms with Crippen LogP contribution >= 0.6 is 0 Å². The van der Waals surface area contributed by atoms with E-state index in [0.29, 0.717) is 19.0 Å². The van der Waals surface area contributed by atoms with Crippen molar-refractivity contribution in [1.82, 2.24) is 9.80 Å². The van der Waals surface area contributed by atoms with Crippen LogP contribution in [0, 0.1) is 16.7 Å². The van der Waals surface area contributed by atoms with Crippen molar-refractivity contribution in [2.75, 3.05) is 38.1 Å². The van der Waals surface area contributed by atoms with E-state index in [1.807, 2.05) is 24.3 Å². The van der Waals surface area contributed by atoms with Crippen molar-refractivity contribution in [2.24, 2.45) is 16.7 Å². The minimum Gasteiger partial charge on any atom is -0.480 e. The third kappa shape index (κ3) is 4.48. The zero-order valence-electron chi connectivity index (χ0n) is 19.6. The molecule has 3 aliphatic rings. The third-order valence-electron chi connectivity index (χ3n) is 7.44. The first-order valence-corrected chi connectivity index (χ1v) is 11.6. The molecule has 3 fully saturated rings. The number of carbonyl (C=O) groups is 3.